The van der Waals surface area contributed by atoms with Crippen LogP contribution in [0.15, 0.2) is 18.2 Å². The number of hydrogen-bond donors (Lipinski definition) is 1. The average molecular weight is 334 g/mol. The van der Waals surface area contributed by atoms with Gasteiger partial charge in [0.1, 0.15) is 15.7 Å². The molecule has 2 N–H and O–H groups in total. The second-order valence-corrected chi connectivity index (χ2v) is 8.69. The maximum Gasteiger partial charge on any atom is 0.150 e. The molecule has 0 radical (unpaired) electrons. The lowest BCUT2D eigenvalue weighted by molar-refractivity contribution is 0.302. The van der Waals surface area contributed by atoms with E-state index in [-0.39, 0.29) is 22.2 Å². The Labute approximate surface area is 130 Å². The summed E-state index contributed by atoms with van der Waals surface area (Å²) in [6, 6.07) is 4.64. The third kappa shape index (κ3) is 4.18. The molecule has 21 heavy (non-hydrogen) atoms. The van der Waals surface area contributed by atoms with Crippen molar-refractivity contribution < 1.29 is 12.8 Å². The molecule has 1 aromatic carbocycles. The molecule has 6 heteroatoms. The molecule has 0 spiro atoms. The summed E-state index contributed by atoms with van der Waals surface area (Å²) in [5, 5.41) is -0.219. The Kier molecular flexibility index (Phi) is 5.28. The Morgan fingerprint density at radius 1 is 1.43 bits per heavy atom. The van der Waals surface area contributed by atoms with Crippen LogP contribution in [0.1, 0.15) is 31.2 Å². The summed E-state index contributed by atoms with van der Waals surface area (Å²) in [6.45, 7) is 0. The number of sulfone groups is 1. The summed E-state index contributed by atoms with van der Waals surface area (Å²) < 4.78 is 37.3. The van der Waals surface area contributed by atoms with Crippen LogP contribution in [0.2, 0.25) is 5.02 Å². The first-order valence-electron chi connectivity index (χ1n) is 7.16. The van der Waals surface area contributed by atoms with Crippen LogP contribution in [0.3, 0.4) is 0 Å². The second kappa shape index (κ2) is 6.63. The highest BCUT2D eigenvalue weighted by molar-refractivity contribution is 7.91. The zero-order valence-electron chi connectivity index (χ0n) is 12.1. The molecule has 0 bridgehead atoms. The maximum absolute atomic E-state index is 13.9. The Morgan fingerprint density at radius 3 is 2.81 bits per heavy atom. The number of nitrogens with two attached hydrogens (primary N) is 1. The molecule has 3 unspecified atom stereocenters. The number of rotatable bonds is 4. The van der Waals surface area contributed by atoms with Gasteiger partial charge < -0.3 is 5.73 Å². The Balaban J connectivity index is 2.06. The van der Waals surface area contributed by atoms with Gasteiger partial charge in [-0.25, -0.2) is 12.8 Å². The van der Waals surface area contributed by atoms with Crippen molar-refractivity contribution in [2.24, 2.45) is 11.7 Å². The monoisotopic (exact) mass is 333 g/mol. The van der Waals surface area contributed by atoms with E-state index in [1.807, 2.05) is 0 Å². The van der Waals surface area contributed by atoms with E-state index in [9.17, 15) is 12.8 Å². The van der Waals surface area contributed by atoms with Crippen molar-refractivity contribution in [1.82, 2.24) is 0 Å². The number of benzene rings is 1. The fourth-order valence-corrected chi connectivity index (χ4v) is 4.47. The normalized spacial score (nSPS) is 24.8. The summed E-state index contributed by atoms with van der Waals surface area (Å²) in [6.07, 6.45) is 4.69. The predicted octanol–water partition coefficient (Wildman–Crippen LogP) is 2.95. The molecule has 3 atom stereocenters. The van der Waals surface area contributed by atoms with Crippen molar-refractivity contribution in [2.45, 2.75) is 43.4 Å². The topological polar surface area (TPSA) is 60.2 Å². The van der Waals surface area contributed by atoms with Crippen LogP contribution in [-0.4, -0.2) is 26.0 Å². The minimum atomic E-state index is -3.03. The SMILES string of the molecule is CS(=O)(=O)C1CCCC(C(N)Cc2cccc(Cl)c2F)C1. The lowest BCUT2D eigenvalue weighted by Gasteiger charge is -2.32. The van der Waals surface area contributed by atoms with Crippen LogP contribution in [0.25, 0.3) is 0 Å². The van der Waals surface area contributed by atoms with Gasteiger partial charge in [0.15, 0.2) is 0 Å². The second-order valence-electron chi connectivity index (χ2n) is 5.96. The van der Waals surface area contributed by atoms with Gasteiger partial charge >= 0.3 is 0 Å². The molecule has 2 rings (SSSR count). The molecule has 1 aromatic rings. The van der Waals surface area contributed by atoms with Gasteiger partial charge in [0, 0.05) is 12.3 Å². The van der Waals surface area contributed by atoms with Gasteiger partial charge in [-0.05, 0) is 43.2 Å². The Morgan fingerprint density at radius 2 is 2.14 bits per heavy atom. The average Bonchev–Trinajstić information content (AvgIpc) is 2.43. The zero-order valence-corrected chi connectivity index (χ0v) is 13.6. The summed E-state index contributed by atoms with van der Waals surface area (Å²) in [4.78, 5) is 0. The molecule has 1 aliphatic rings. The van der Waals surface area contributed by atoms with E-state index in [0.717, 1.165) is 12.8 Å². The van der Waals surface area contributed by atoms with Crippen LogP contribution < -0.4 is 5.73 Å². The van der Waals surface area contributed by atoms with Crippen LogP contribution in [0.5, 0.6) is 0 Å². The molecular weight excluding hydrogens is 313 g/mol. The van der Waals surface area contributed by atoms with Gasteiger partial charge in [-0.2, -0.15) is 0 Å². The van der Waals surface area contributed by atoms with Crippen molar-refractivity contribution in [3.05, 3.63) is 34.6 Å². The van der Waals surface area contributed by atoms with Gasteiger partial charge in [0.25, 0.3) is 0 Å². The van der Waals surface area contributed by atoms with Crippen LogP contribution in [0, 0.1) is 11.7 Å². The van der Waals surface area contributed by atoms with Crippen LogP contribution in [0.4, 0.5) is 4.39 Å². The van der Waals surface area contributed by atoms with Gasteiger partial charge in [0.2, 0.25) is 0 Å². The molecule has 0 amide bonds. The van der Waals surface area contributed by atoms with Crippen molar-refractivity contribution in [3.63, 3.8) is 0 Å². The molecule has 0 aromatic heterocycles. The van der Waals surface area contributed by atoms with Crippen LogP contribution >= 0.6 is 11.6 Å². The molecule has 1 aliphatic carbocycles. The van der Waals surface area contributed by atoms with Crippen molar-refractivity contribution in [1.29, 1.82) is 0 Å². The lowest BCUT2D eigenvalue weighted by Crippen LogP contribution is -2.39. The summed E-state index contributed by atoms with van der Waals surface area (Å²) in [5.74, 6) is -0.318. The number of halogens is 2. The van der Waals surface area contributed by atoms with E-state index in [2.05, 4.69) is 0 Å². The summed E-state index contributed by atoms with van der Waals surface area (Å²) in [5.41, 5.74) is 6.70. The quantitative estimate of drug-likeness (QED) is 0.921. The molecule has 0 saturated heterocycles. The molecule has 3 nitrogen and oxygen atoms in total. The fourth-order valence-electron chi connectivity index (χ4n) is 3.09. The highest BCUT2D eigenvalue weighted by Crippen LogP contribution is 2.31. The van der Waals surface area contributed by atoms with E-state index >= 15 is 0 Å². The van der Waals surface area contributed by atoms with Gasteiger partial charge in [-0.1, -0.05) is 30.2 Å². The minimum Gasteiger partial charge on any atom is -0.327 e. The molecule has 1 fully saturated rings. The van der Waals surface area contributed by atoms with Gasteiger partial charge in [0.05, 0.1) is 10.3 Å². The third-order valence-electron chi connectivity index (χ3n) is 4.36. The van der Waals surface area contributed by atoms with Gasteiger partial charge in [-0.15, -0.1) is 0 Å². The van der Waals surface area contributed by atoms with E-state index in [1.165, 1.54) is 12.3 Å². The number of hydrogen-bond acceptors (Lipinski definition) is 3. The van der Waals surface area contributed by atoms with E-state index in [0.29, 0.717) is 24.8 Å². The Hall–Kier alpha value is -0.650. The summed E-state index contributed by atoms with van der Waals surface area (Å²) >= 11 is 5.77. The first kappa shape index (κ1) is 16.7. The molecule has 0 aliphatic heterocycles. The largest absolute Gasteiger partial charge is 0.327 e. The summed E-state index contributed by atoms with van der Waals surface area (Å²) in [7, 11) is -3.03. The molecular formula is C15H21ClFNO2S. The van der Waals surface area contributed by atoms with Crippen molar-refractivity contribution >= 4 is 21.4 Å². The van der Waals surface area contributed by atoms with Crippen molar-refractivity contribution in [3.8, 4) is 0 Å². The molecule has 118 valence electrons. The lowest BCUT2D eigenvalue weighted by atomic mass is 9.81. The minimum absolute atomic E-state index is 0.0948. The zero-order chi connectivity index (χ0) is 15.6. The standard InChI is InChI=1S/C15H21ClFNO2S/c1-21(19,20)12-6-2-4-10(8-12)14(18)9-11-5-3-7-13(16)15(11)17/h3,5,7,10,12,14H,2,4,6,8-9,18H2,1H3. The predicted molar refractivity (Wildman–Crippen MR) is 83.7 cm³/mol. The fraction of sp³-hybridized carbons (Fsp3) is 0.600. The molecule has 1 saturated carbocycles. The maximum atomic E-state index is 13.9. The van der Waals surface area contributed by atoms with Crippen molar-refractivity contribution in [2.75, 3.05) is 6.26 Å². The highest BCUT2D eigenvalue weighted by atomic mass is 35.5. The Bertz CT molecular complexity index is 606. The van der Waals surface area contributed by atoms with Gasteiger partial charge in [-0.3, -0.25) is 0 Å². The van der Waals surface area contributed by atoms with Crippen LogP contribution in [-0.2, 0) is 16.3 Å². The van der Waals surface area contributed by atoms with E-state index in [4.69, 9.17) is 17.3 Å². The first-order valence-corrected chi connectivity index (χ1v) is 9.49. The highest BCUT2D eigenvalue weighted by Gasteiger charge is 2.32. The smallest absolute Gasteiger partial charge is 0.150 e. The van der Waals surface area contributed by atoms with E-state index < -0.39 is 15.7 Å². The third-order valence-corrected chi connectivity index (χ3v) is 6.30. The first-order chi connectivity index (χ1) is 9.79. The van der Waals surface area contributed by atoms with E-state index in [1.54, 1.807) is 12.1 Å². The molecule has 0 heterocycles.